The standard InChI is InChI=1S/C21H14BrCl3F6N2O2/c22-14-5-10(1-2-13(14)19(35)32-8-17(34)33-9-21(29,30)31)12(3-4-20(26,27)28)11-6-15(23)18(25)16(24)7-11/h1-3,5-7H,4,8-9H2,(H,32,35)(H,33,34). The molecule has 0 atom stereocenters. The number of carbonyl (C=O) groups is 2. The minimum atomic E-state index is -4.60. The van der Waals surface area contributed by atoms with Crippen LogP contribution in [0, 0.1) is 0 Å². The van der Waals surface area contributed by atoms with Crippen LogP contribution < -0.4 is 10.6 Å². The molecule has 2 N–H and O–H groups in total. The number of nitrogens with one attached hydrogen (secondary N) is 2. The summed E-state index contributed by atoms with van der Waals surface area (Å²) in [6, 6.07) is 6.65. The van der Waals surface area contributed by atoms with Crippen molar-refractivity contribution in [2.45, 2.75) is 18.8 Å². The number of hydrogen-bond donors (Lipinski definition) is 2. The number of allylic oxidation sites excluding steroid dienone is 1. The van der Waals surface area contributed by atoms with Gasteiger partial charge in [-0.2, -0.15) is 26.3 Å². The summed E-state index contributed by atoms with van der Waals surface area (Å²) in [5, 5.41) is 3.83. The SMILES string of the molecule is O=C(CNC(=O)c1ccc(C(=CCC(F)(F)F)c2cc(Cl)c(Cl)c(Cl)c2)cc1Br)NCC(F)(F)F. The van der Waals surface area contributed by atoms with E-state index in [9.17, 15) is 35.9 Å². The van der Waals surface area contributed by atoms with Crippen molar-refractivity contribution >= 4 is 68.1 Å². The molecule has 35 heavy (non-hydrogen) atoms. The molecule has 0 saturated carbocycles. The first-order valence-corrected chi connectivity index (χ1v) is 11.3. The van der Waals surface area contributed by atoms with Gasteiger partial charge in [0.25, 0.3) is 5.91 Å². The predicted octanol–water partition coefficient (Wildman–Crippen LogP) is 7.20. The Hall–Kier alpha value is -1.95. The van der Waals surface area contributed by atoms with Crippen LogP contribution >= 0.6 is 50.7 Å². The van der Waals surface area contributed by atoms with Crippen molar-refractivity contribution in [2.75, 3.05) is 13.1 Å². The highest BCUT2D eigenvalue weighted by atomic mass is 79.9. The van der Waals surface area contributed by atoms with Gasteiger partial charge in [-0.25, -0.2) is 0 Å². The van der Waals surface area contributed by atoms with Crippen LogP contribution in [-0.4, -0.2) is 37.3 Å². The normalized spacial score (nSPS) is 12.5. The smallest absolute Gasteiger partial charge is 0.345 e. The van der Waals surface area contributed by atoms with Gasteiger partial charge >= 0.3 is 12.4 Å². The number of amides is 2. The van der Waals surface area contributed by atoms with Crippen LogP contribution in [0.3, 0.4) is 0 Å². The zero-order chi connectivity index (χ0) is 26.6. The average Bonchev–Trinajstić information content (AvgIpc) is 2.73. The number of benzene rings is 2. The molecule has 4 nitrogen and oxygen atoms in total. The second-order valence-electron chi connectivity index (χ2n) is 6.96. The molecule has 0 heterocycles. The molecule has 14 heteroatoms. The summed E-state index contributed by atoms with van der Waals surface area (Å²) < 4.78 is 75.3. The van der Waals surface area contributed by atoms with Crippen LogP contribution in [0.25, 0.3) is 5.57 Å². The molecule has 0 bridgehead atoms. The van der Waals surface area contributed by atoms with Crippen molar-refractivity contribution in [1.29, 1.82) is 0 Å². The lowest BCUT2D eigenvalue weighted by Crippen LogP contribution is -2.40. The molecular formula is C21H14BrCl3F6N2O2. The topological polar surface area (TPSA) is 58.2 Å². The number of carbonyl (C=O) groups excluding carboxylic acids is 2. The van der Waals surface area contributed by atoms with Crippen molar-refractivity contribution in [3.8, 4) is 0 Å². The minimum Gasteiger partial charge on any atom is -0.345 e. The Balaban J connectivity index is 2.30. The number of rotatable bonds is 7. The minimum absolute atomic E-state index is 0.0142. The summed E-state index contributed by atoms with van der Waals surface area (Å²) in [6.45, 7) is -2.27. The third-order valence-corrected chi connectivity index (χ3v) is 6.11. The van der Waals surface area contributed by atoms with Crippen LogP contribution in [0.5, 0.6) is 0 Å². The van der Waals surface area contributed by atoms with Gasteiger partial charge in [0.1, 0.15) is 6.54 Å². The van der Waals surface area contributed by atoms with Crippen molar-refractivity contribution in [2.24, 2.45) is 0 Å². The largest absolute Gasteiger partial charge is 0.405 e. The van der Waals surface area contributed by atoms with Gasteiger partial charge in [0.05, 0.1) is 33.6 Å². The highest BCUT2D eigenvalue weighted by Gasteiger charge is 2.28. The lowest BCUT2D eigenvalue weighted by Gasteiger charge is -2.14. The van der Waals surface area contributed by atoms with E-state index in [1.807, 2.05) is 0 Å². The van der Waals surface area contributed by atoms with Gasteiger partial charge in [-0.1, -0.05) is 46.9 Å². The monoisotopic (exact) mass is 624 g/mol. The van der Waals surface area contributed by atoms with Crippen LogP contribution in [0.2, 0.25) is 15.1 Å². The zero-order valence-electron chi connectivity index (χ0n) is 17.2. The maximum Gasteiger partial charge on any atom is 0.405 e. The van der Waals surface area contributed by atoms with Crippen molar-refractivity contribution in [3.63, 3.8) is 0 Å². The Morgan fingerprint density at radius 2 is 1.49 bits per heavy atom. The van der Waals surface area contributed by atoms with E-state index in [-0.39, 0.29) is 41.8 Å². The summed E-state index contributed by atoms with van der Waals surface area (Å²) in [4.78, 5) is 23.8. The summed E-state index contributed by atoms with van der Waals surface area (Å²) in [5.74, 6) is -1.86. The maximum atomic E-state index is 12.9. The van der Waals surface area contributed by atoms with Gasteiger partial charge in [0.2, 0.25) is 5.91 Å². The Morgan fingerprint density at radius 1 is 0.886 bits per heavy atom. The predicted molar refractivity (Wildman–Crippen MR) is 125 cm³/mol. The molecule has 2 rings (SSSR count). The zero-order valence-corrected chi connectivity index (χ0v) is 21.0. The number of alkyl halides is 6. The molecule has 0 fully saturated rings. The molecule has 0 aromatic heterocycles. The lowest BCUT2D eigenvalue weighted by atomic mass is 9.95. The first-order chi connectivity index (χ1) is 16.1. The molecule has 0 unspecified atom stereocenters. The molecule has 0 aliphatic rings. The van der Waals surface area contributed by atoms with E-state index in [0.717, 1.165) is 6.08 Å². The lowest BCUT2D eigenvalue weighted by molar-refractivity contribution is -0.137. The molecule has 2 aromatic rings. The third kappa shape index (κ3) is 9.21. The fourth-order valence-electron chi connectivity index (χ4n) is 2.72. The molecular weight excluding hydrogens is 612 g/mol. The Bertz CT molecular complexity index is 1130. The average molecular weight is 627 g/mol. The van der Waals surface area contributed by atoms with Crippen LogP contribution in [0.15, 0.2) is 40.9 Å². The van der Waals surface area contributed by atoms with Gasteiger partial charge in [-0.3, -0.25) is 9.59 Å². The first-order valence-electron chi connectivity index (χ1n) is 9.41. The van der Waals surface area contributed by atoms with E-state index < -0.39 is 43.7 Å². The molecule has 2 amide bonds. The van der Waals surface area contributed by atoms with Crippen LogP contribution in [0.4, 0.5) is 26.3 Å². The van der Waals surface area contributed by atoms with Gasteiger partial charge in [0.15, 0.2) is 0 Å². The second-order valence-corrected chi connectivity index (χ2v) is 9.01. The maximum absolute atomic E-state index is 12.9. The van der Waals surface area contributed by atoms with E-state index in [4.69, 9.17) is 34.8 Å². The van der Waals surface area contributed by atoms with Gasteiger partial charge in [0, 0.05) is 4.47 Å². The van der Waals surface area contributed by atoms with Crippen LogP contribution in [-0.2, 0) is 4.79 Å². The molecule has 0 aliphatic heterocycles. The molecule has 0 spiro atoms. The van der Waals surface area contributed by atoms with E-state index >= 15 is 0 Å². The molecule has 2 aromatic carbocycles. The quantitative estimate of drug-likeness (QED) is 0.252. The molecule has 190 valence electrons. The van der Waals surface area contributed by atoms with Crippen molar-refractivity contribution < 1.29 is 35.9 Å². The Kier molecular flexibility index (Phi) is 9.92. The highest BCUT2D eigenvalue weighted by molar-refractivity contribution is 9.10. The van der Waals surface area contributed by atoms with Crippen LogP contribution in [0.1, 0.15) is 27.9 Å². The molecule has 0 aliphatic carbocycles. The van der Waals surface area contributed by atoms with Gasteiger partial charge in [-0.05, 0) is 56.9 Å². The Labute approximate surface area is 218 Å². The van der Waals surface area contributed by atoms with E-state index in [1.54, 1.807) is 5.32 Å². The number of halogens is 10. The number of hydrogen-bond acceptors (Lipinski definition) is 2. The fourth-order valence-corrected chi connectivity index (χ4v) is 3.87. The fraction of sp³-hybridized carbons (Fsp3) is 0.238. The molecule has 0 saturated heterocycles. The second kappa shape index (κ2) is 11.9. The summed E-state index contributed by atoms with van der Waals surface area (Å²) in [6.07, 6.45) is -9.46. The summed E-state index contributed by atoms with van der Waals surface area (Å²) >= 11 is 21.1. The van der Waals surface area contributed by atoms with Gasteiger partial charge in [-0.15, -0.1) is 0 Å². The Morgan fingerprint density at radius 3 is 2.00 bits per heavy atom. The van der Waals surface area contributed by atoms with E-state index in [0.29, 0.717) is 0 Å². The van der Waals surface area contributed by atoms with E-state index in [2.05, 4.69) is 21.2 Å². The third-order valence-electron chi connectivity index (χ3n) is 4.25. The van der Waals surface area contributed by atoms with Crippen molar-refractivity contribution in [3.05, 3.63) is 72.6 Å². The summed E-state index contributed by atoms with van der Waals surface area (Å²) in [7, 11) is 0. The first kappa shape index (κ1) is 29.3. The van der Waals surface area contributed by atoms with Gasteiger partial charge < -0.3 is 10.6 Å². The summed E-state index contributed by atoms with van der Waals surface area (Å²) in [5.41, 5.74) is 0.579. The highest BCUT2D eigenvalue weighted by Crippen LogP contribution is 2.37. The van der Waals surface area contributed by atoms with Crippen molar-refractivity contribution in [1.82, 2.24) is 10.6 Å². The molecule has 0 radical (unpaired) electrons. The van der Waals surface area contributed by atoms with E-state index in [1.165, 1.54) is 30.3 Å².